The van der Waals surface area contributed by atoms with Crippen molar-refractivity contribution in [3.63, 3.8) is 0 Å². The van der Waals surface area contributed by atoms with Crippen molar-refractivity contribution >= 4 is 0 Å². The van der Waals surface area contributed by atoms with Gasteiger partial charge >= 0.3 is 19.8 Å². The third-order valence-corrected chi connectivity index (χ3v) is 0. The molecule has 0 heterocycles. The molecule has 0 atom stereocenters. The quantitative estimate of drug-likeness (QED) is 0.570. The molecule has 0 N–H and O–H groups in total. The first-order valence-corrected chi connectivity index (χ1v) is 0.508. The van der Waals surface area contributed by atoms with Crippen LogP contribution in [0.15, 0.2) is 0 Å². The molecular formula is CoCuFeMnNiO. The van der Waals surface area contributed by atoms with Crippen LogP contribution in [0.3, 0.4) is 0 Å². The minimum atomic E-state index is 0. The second-order valence-corrected chi connectivity index (χ2v) is 0. The number of hydrogen-bond acceptors (Lipinski definition) is 1. The zero-order chi connectivity index (χ0) is 2.00. The molecule has 0 bridgehead atoms. The monoisotopic (exact) mass is 307 g/mol. The Kier molecular flexibility index (Phi) is 358. The summed E-state index contributed by atoms with van der Waals surface area (Å²) in [4.78, 5) is 0. The molecule has 6 heavy (non-hydrogen) atoms. The molecule has 0 saturated heterocycles. The molecule has 2 radical (unpaired) electrons. The number of rotatable bonds is 0. The van der Waals surface area contributed by atoms with Crippen LogP contribution in [0.5, 0.6) is 0 Å². The Bertz CT molecular complexity index is 15.5. The van der Waals surface area contributed by atoms with Crippen LogP contribution in [0, 0.1) is 0 Å². The van der Waals surface area contributed by atoms with Gasteiger partial charge in [-0.15, -0.1) is 0 Å². The summed E-state index contributed by atoms with van der Waals surface area (Å²) in [6.45, 7) is 0. The van der Waals surface area contributed by atoms with Crippen molar-refractivity contribution in [1.29, 1.82) is 0 Å². The maximum absolute atomic E-state index is 7.81. The fraction of sp³-hybridized carbons (Fsp3) is 0. The predicted octanol–water partition coefficient (Wildman–Crippen LogP) is -0.131. The van der Waals surface area contributed by atoms with Gasteiger partial charge in [-0.3, -0.25) is 0 Å². The van der Waals surface area contributed by atoms with E-state index < -0.39 is 0 Å². The van der Waals surface area contributed by atoms with Gasteiger partial charge in [0.05, 0.1) is 0 Å². The van der Waals surface area contributed by atoms with Crippen LogP contribution in [0.25, 0.3) is 0 Å². The van der Waals surface area contributed by atoms with Crippen molar-refractivity contribution in [1.82, 2.24) is 0 Å². The van der Waals surface area contributed by atoms with E-state index >= 15 is 0 Å². The van der Waals surface area contributed by atoms with E-state index in [1.165, 1.54) is 0 Å². The molecule has 0 spiro atoms. The Balaban J connectivity index is -0.000000000833. The summed E-state index contributed by atoms with van der Waals surface area (Å²) in [6.07, 6.45) is 0. The third kappa shape index (κ3) is 32.8. The van der Waals surface area contributed by atoms with Gasteiger partial charge in [0.2, 0.25) is 0 Å². The van der Waals surface area contributed by atoms with E-state index in [0.29, 0.717) is 0 Å². The molecular weight excluding hydrogens is 308 g/mol. The van der Waals surface area contributed by atoms with Gasteiger partial charge in [-0.1, -0.05) is 0 Å². The van der Waals surface area contributed by atoms with Crippen molar-refractivity contribution in [3.8, 4) is 0 Å². The average molecular weight is 308 g/mol. The summed E-state index contributed by atoms with van der Waals surface area (Å²) >= 11 is 2.94. The molecule has 0 aliphatic heterocycles. The molecule has 0 amide bonds. The Labute approximate surface area is 86.2 Å². The SMILES string of the molecule is [Co].[Fe].[Mn].[Ni].[O]=[Cu]. The Hall–Kier alpha value is 2.36. The van der Waals surface area contributed by atoms with Crippen LogP contribution in [0.4, 0.5) is 0 Å². The fourth-order valence-electron chi connectivity index (χ4n) is 0. The minimum absolute atomic E-state index is 0. The van der Waals surface area contributed by atoms with Crippen molar-refractivity contribution in [2.45, 2.75) is 0 Å². The number of hydrogen-bond donors (Lipinski definition) is 0. The zero-order valence-electron chi connectivity index (χ0n) is 2.09. The maximum atomic E-state index is 7.81. The van der Waals surface area contributed by atoms with Gasteiger partial charge in [-0.25, -0.2) is 0 Å². The predicted molar refractivity (Wildman–Crippen MR) is 0.686 cm³/mol. The van der Waals surface area contributed by atoms with Gasteiger partial charge in [-0.2, -0.15) is 0 Å². The first-order valence-electron chi connectivity index (χ1n) is 0.123. The van der Waals surface area contributed by atoms with E-state index in [1.807, 2.05) is 0 Å². The second kappa shape index (κ2) is 53.5. The van der Waals surface area contributed by atoms with Crippen molar-refractivity contribution in [2.24, 2.45) is 0 Å². The standard InChI is InChI=1S/Co.Cu.Fe.Mn.Ni.O. The summed E-state index contributed by atoms with van der Waals surface area (Å²) in [5.41, 5.74) is 0. The molecule has 51 valence electrons. The van der Waals surface area contributed by atoms with Crippen LogP contribution in [-0.4, -0.2) is 0 Å². The van der Waals surface area contributed by atoms with Crippen LogP contribution in [-0.2, 0) is 87.2 Å². The van der Waals surface area contributed by atoms with E-state index in [0.717, 1.165) is 0 Å². The van der Waals surface area contributed by atoms with Gasteiger partial charge in [0.25, 0.3) is 0 Å². The molecule has 0 aromatic carbocycles. The summed E-state index contributed by atoms with van der Waals surface area (Å²) in [5, 5.41) is 0. The molecule has 0 aromatic heterocycles. The molecule has 0 saturated carbocycles. The van der Waals surface area contributed by atoms with Gasteiger partial charge in [-0.05, 0) is 0 Å². The Morgan fingerprint density at radius 2 is 1.17 bits per heavy atom. The van der Waals surface area contributed by atoms with Gasteiger partial charge in [0.1, 0.15) is 0 Å². The summed E-state index contributed by atoms with van der Waals surface area (Å²) in [6, 6.07) is 0. The molecule has 0 aromatic rings. The van der Waals surface area contributed by atoms with E-state index in [9.17, 15) is 0 Å². The van der Waals surface area contributed by atoms with Crippen molar-refractivity contribution < 1.29 is 87.2 Å². The van der Waals surface area contributed by atoms with Crippen LogP contribution in [0.1, 0.15) is 0 Å². The molecule has 0 unspecified atom stereocenters. The average Bonchev–Trinajstić information content (AvgIpc) is 1.00. The first kappa shape index (κ1) is 40.1. The summed E-state index contributed by atoms with van der Waals surface area (Å²) in [5.74, 6) is 0. The van der Waals surface area contributed by atoms with Crippen LogP contribution < -0.4 is 0 Å². The normalized spacial score (nSPS) is 1.00. The van der Waals surface area contributed by atoms with Crippen LogP contribution >= 0.6 is 0 Å². The summed E-state index contributed by atoms with van der Waals surface area (Å²) < 4.78 is 7.81. The van der Waals surface area contributed by atoms with Gasteiger partial charge in [0, 0.05) is 67.4 Å². The molecule has 6 heteroatoms. The van der Waals surface area contributed by atoms with E-state index in [-0.39, 0.29) is 67.4 Å². The van der Waals surface area contributed by atoms with Gasteiger partial charge < -0.3 is 0 Å². The molecule has 0 aliphatic rings. The zero-order valence-corrected chi connectivity index (χ0v) is 7.35. The molecule has 0 fully saturated rings. The second-order valence-electron chi connectivity index (χ2n) is 0. The topological polar surface area (TPSA) is 17.1 Å². The van der Waals surface area contributed by atoms with E-state index in [4.69, 9.17) is 3.83 Å². The van der Waals surface area contributed by atoms with Crippen molar-refractivity contribution in [3.05, 3.63) is 0 Å². The van der Waals surface area contributed by atoms with Crippen molar-refractivity contribution in [2.75, 3.05) is 0 Å². The van der Waals surface area contributed by atoms with Crippen LogP contribution in [0.2, 0.25) is 0 Å². The molecule has 0 rings (SSSR count). The Morgan fingerprint density at radius 1 is 1.17 bits per heavy atom. The third-order valence-electron chi connectivity index (χ3n) is 0. The Morgan fingerprint density at radius 3 is 1.17 bits per heavy atom. The molecule has 0 aliphatic carbocycles. The fourth-order valence-corrected chi connectivity index (χ4v) is 0. The van der Waals surface area contributed by atoms with Gasteiger partial charge in [0.15, 0.2) is 0 Å². The summed E-state index contributed by atoms with van der Waals surface area (Å²) in [7, 11) is 0. The van der Waals surface area contributed by atoms with E-state index in [1.54, 1.807) is 0 Å². The first-order chi connectivity index (χ1) is 1.00. The molecule has 1 nitrogen and oxygen atoms in total. The van der Waals surface area contributed by atoms with E-state index in [2.05, 4.69) is 15.9 Å².